The van der Waals surface area contributed by atoms with Crippen molar-refractivity contribution in [1.82, 2.24) is 13.5 Å². The molecular weight excluding hydrogens is 290 g/mol. The smallest absolute Gasteiger partial charge is 0.282 e. The van der Waals surface area contributed by atoms with Gasteiger partial charge >= 0.3 is 0 Å². The molecule has 0 radical (unpaired) electrons. The largest absolute Gasteiger partial charge is 0.337 e. The second-order valence-electron chi connectivity index (χ2n) is 5.74. The van der Waals surface area contributed by atoms with Gasteiger partial charge in [0, 0.05) is 39.3 Å². The molecule has 0 spiro atoms. The molecule has 0 N–H and O–H groups in total. The van der Waals surface area contributed by atoms with Gasteiger partial charge < -0.3 is 4.90 Å². The van der Waals surface area contributed by atoms with Gasteiger partial charge in [-0.15, -0.1) is 0 Å². The maximum absolute atomic E-state index is 12.7. The summed E-state index contributed by atoms with van der Waals surface area (Å²) in [5.41, 5.74) is 0. The minimum atomic E-state index is -3.41. The summed E-state index contributed by atoms with van der Waals surface area (Å²) in [6.45, 7) is 5.05. The van der Waals surface area contributed by atoms with Crippen molar-refractivity contribution in [3.8, 4) is 0 Å². The molecule has 0 unspecified atom stereocenters. The summed E-state index contributed by atoms with van der Waals surface area (Å²) >= 11 is 0. The minimum absolute atomic E-state index is 0.122. The molecule has 2 aliphatic rings. The highest BCUT2D eigenvalue weighted by Crippen LogP contribution is 2.25. The highest BCUT2D eigenvalue weighted by molar-refractivity contribution is 7.86. The molecular formula is C14H25N3O3S. The van der Waals surface area contributed by atoms with Crippen molar-refractivity contribution < 1.29 is 13.2 Å². The van der Waals surface area contributed by atoms with Gasteiger partial charge in [0.15, 0.2) is 0 Å². The molecule has 2 rings (SSSR count). The van der Waals surface area contributed by atoms with Crippen LogP contribution >= 0.6 is 0 Å². The number of carbonyl (C=O) groups is 1. The molecule has 0 aromatic rings. The highest BCUT2D eigenvalue weighted by Gasteiger charge is 2.34. The maximum Gasteiger partial charge on any atom is 0.282 e. The van der Waals surface area contributed by atoms with Crippen molar-refractivity contribution in [2.24, 2.45) is 0 Å². The lowest BCUT2D eigenvalue weighted by molar-refractivity contribution is -0.127. The van der Waals surface area contributed by atoms with E-state index in [2.05, 4.69) is 6.58 Å². The molecule has 2 fully saturated rings. The third kappa shape index (κ3) is 3.64. The fourth-order valence-electron chi connectivity index (χ4n) is 3.08. The lowest BCUT2D eigenvalue weighted by atomic mass is 9.96. The van der Waals surface area contributed by atoms with Crippen molar-refractivity contribution in [1.29, 1.82) is 0 Å². The zero-order valence-electron chi connectivity index (χ0n) is 12.7. The molecule has 120 valence electrons. The van der Waals surface area contributed by atoms with Crippen LogP contribution in [0.3, 0.4) is 0 Å². The molecule has 6 nitrogen and oxygen atoms in total. The quantitative estimate of drug-likeness (QED) is 0.722. The maximum atomic E-state index is 12.7. The fourth-order valence-corrected chi connectivity index (χ4v) is 4.66. The highest BCUT2D eigenvalue weighted by atomic mass is 32.2. The van der Waals surface area contributed by atoms with E-state index in [9.17, 15) is 13.2 Å². The third-order valence-corrected chi connectivity index (χ3v) is 6.55. The molecule has 1 amide bonds. The Balaban J connectivity index is 1.97. The summed E-state index contributed by atoms with van der Waals surface area (Å²) in [6.07, 6.45) is 6.58. The molecule has 1 saturated carbocycles. The Kier molecular flexibility index (Phi) is 5.40. The number of hydrogen-bond acceptors (Lipinski definition) is 3. The average molecular weight is 315 g/mol. The number of nitrogens with zero attached hydrogens (tertiary/aromatic N) is 3. The summed E-state index contributed by atoms with van der Waals surface area (Å²) in [6, 6.07) is 0.122. The molecule has 1 heterocycles. The van der Waals surface area contributed by atoms with Crippen LogP contribution in [-0.4, -0.2) is 67.1 Å². The average Bonchev–Trinajstić information content (AvgIpc) is 2.54. The second-order valence-corrected chi connectivity index (χ2v) is 7.73. The van der Waals surface area contributed by atoms with Crippen LogP contribution in [0.2, 0.25) is 0 Å². The lowest BCUT2D eigenvalue weighted by Gasteiger charge is -2.38. The molecule has 0 bridgehead atoms. The van der Waals surface area contributed by atoms with Crippen LogP contribution in [0, 0.1) is 0 Å². The van der Waals surface area contributed by atoms with E-state index in [1.165, 1.54) is 21.1 Å². The molecule has 7 heteroatoms. The lowest BCUT2D eigenvalue weighted by Crippen LogP contribution is -2.55. The van der Waals surface area contributed by atoms with Crippen LogP contribution in [0.15, 0.2) is 12.7 Å². The SMILES string of the molecule is C=CC(=O)N1CCN(S(=O)(=O)N(C)C2CCCCC2)CC1. The van der Waals surface area contributed by atoms with Gasteiger partial charge in [-0.2, -0.15) is 17.0 Å². The number of piperazine rings is 1. The van der Waals surface area contributed by atoms with E-state index in [4.69, 9.17) is 0 Å². The predicted octanol–water partition coefficient (Wildman–Crippen LogP) is 0.826. The molecule has 0 aromatic heterocycles. The van der Waals surface area contributed by atoms with Gasteiger partial charge in [-0.05, 0) is 18.9 Å². The van der Waals surface area contributed by atoms with Gasteiger partial charge in [0.2, 0.25) is 5.91 Å². The zero-order valence-corrected chi connectivity index (χ0v) is 13.5. The van der Waals surface area contributed by atoms with Crippen molar-refractivity contribution in [2.75, 3.05) is 33.2 Å². The van der Waals surface area contributed by atoms with Gasteiger partial charge in [0.1, 0.15) is 0 Å². The normalized spacial score (nSPS) is 22.5. The van der Waals surface area contributed by atoms with Crippen molar-refractivity contribution in [3.63, 3.8) is 0 Å². The molecule has 1 saturated heterocycles. The Morgan fingerprint density at radius 3 is 2.24 bits per heavy atom. The van der Waals surface area contributed by atoms with Crippen LogP contribution in [0.1, 0.15) is 32.1 Å². The van der Waals surface area contributed by atoms with Gasteiger partial charge in [-0.3, -0.25) is 4.79 Å². The van der Waals surface area contributed by atoms with E-state index >= 15 is 0 Å². The van der Waals surface area contributed by atoms with Crippen LogP contribution in [0.25, 0.3) is 0 Å². The van der Waals surface area contributed by atoms with Gasteiger partial charge in [0.25, 0.3) is 10.2 Å². The first-order valence-corrected chi connectivity index (χ1v) is 9.01. The second kappa shape index (κ2) is 6.89. The van der Waals surface area contributed by atoms with Gasteiger partial charge in [0.05, 0.1) is 0 Å². The number of carbonyl (C=O) groups excluding carboxylic acids is 1. The van der Waals surface area contributed by atoms with E-state index in [-0.39, 0.29) is 11.9 Å². The van der Waals surface area contributed by atoms with Crippen LogP contribution in [0.4, 0.5) is 0 Å². The number of hydrogen-bond donors (Lipinski definition) is 0. The Bertz CT molecular complexity index is 478. The van der Waals surface area contributed by atoms with E-state index in [1.807, 2.05) is 0 Å². The first-order chi connectivity index (χ1) is 9.96. The van der Waals surface area contributed by atoms with E-state index < -0.39 is 10.2 Å². The standard InChI is InChI=1S/C14H25N3O3S/c1-3-14(18)16-9-11-17(12-10-16)21(19,20)15(2)13-7-5-4-6-8-13/h3,13H,1,4-12H2,2H3. The first kappa shape index (κ1) is 16.5. The molecule has 1 aliphatic carbocycles. The first-order valence-electron chi connectivity index (χ1n) is 7.61. The van der Waals surface area contributed by atoms with E-state index in [0.717, 1.165) is 25.7 Å². The summed E-state index contributed by atoms with van der Waals surface area (Å²) in [4.78, 5) is 13.2. The van der Waals surface area contributed by atoms with Crippen molar-refractivity contribution in [3.05, 3.63) is 12.7 Å². The van der Waals surface area contributed by atoms with Gasteiger partial charge in [-0.25, -0.2) is 0 Å². The van der Waals surface area contributed by atoms with Gasteiger partial charge in [-0.1, -0.05) is 25.8 Å². The molecule has 0 atom stereocenters. The Morgan fingerprint density at radius 2 is 1.71 bits per heavy atom. The monoisotopic (exact) mass is 315 g/mol. The van der Waals surface area contributed by atoms with Crippen molar-refractivity contribution >= 4 is 16.1 Å². The van der Waals surface area contributed by atoms with Crippen LogP contribution in [-0.2, 0) is 15.0 Å². The van der Waals surface area contributed by atoms with Crippen molar-refractivity contribution in [2.45, 2.75) is 38.1 Å². The number of amides is 1. The van der Waals surface area contributed by atoms with Crippen LogP contribution < -0.4 is 0 Å². The summed E-state index contributed by atoms with van der Waals surface area (Å²) in [5, 5.41) is 0. The Labute approximate surface area is 127 Å². The molecule has 0 aromatic carbocycles. The molecule has 1 aliphatic heterocycles. The summed E-state index contributed by atoms with van der Waals surface area (Å²) in [5.74, 6) is -0.132. The zero-order chi connectivity index (χ0) is 15.5. The summed E-state index contributed by atoms with van der Waals surface area (Å²) < 4.78 is 28.4. The Morgan fingerprint density at radius 1 is 1.14 bits per heavy atom. The minimum Gasteiger partial charge on any atom is -0.337 e. The molecule has 21 heavy (non-hydrogen) atoms. The fraction of sp³-hybridized carbons (Fsp3) is 0.786. The Hall–Kier alpha value is -0.920. The third-order valence-electron chi connectivity index (χ3n) is 4.50. The van der Waals surface area contributed by atoms with Crippen LogP contribution in [0.5, 0.6) is 0 Å². The van der Waals surface area contributed by atoms with E-state index in [0.29, 0.717) is 26.2 Å². The predicted molar refractivity (Wildman–Crippen MR) is 81.9 cm³/mol. The van der Waals surface area contributed by atoms with E-state index in [1.54, 1.807) is 11.9 Å². The number of rotatable bonds is 4. The summed E-state index contributed by atoms with van der Waals surface area (Å²) in [7, 11) is -1.73. The topological polar surface area (TPSA) is 60.9 Å².